The maximum Gasteiger partial charge on any atom is 0.161 e. The Morgan fingerprint density at radius 1 is 1.30 bits per heavy atom. The molecule has 0 bridgehead atoms. The first-order valence-corrected chi connectivity index (χ1v) is 10.8. The lowest BCUT2D eigenvalue weighted by Crippen LogP contribution is -2.38. The summed E-state index contributed by atoms with van der Waals surface area (Å²) >= 11 is 8.37. The maximum absolute atomic E-state index is 12.9. The molecule has 0 fully saturated rings. The molecule has 0 amide bonds. The van der Waals surface area contributed by atoms with Crippen LogP contribution in [-0.4, -0.2) is 10.8 Å². The number of ketones is 1. The lowest BCUT2D eigenvalue weighted by molar-refractivity contribution is -0.116. The Morgan fingerprint density at radius 3 is 2.74 bits per heavy atom. The summed E-state index contributed by atoms with van der Waals surface area (Å²) in [6.07, 6.45) is 3.66. The Bertz CT molecular complexity index is 1030. The molecule has 27 heavy (non-hydrogen) atoms. The summed E-state index contributed by atoms with van der Waals surface area (Å²) in [6, 6.07) is 7.92. The minimum Gasteiger partial charge on any atom is -0.384 e. The molecular formula is C19H14Br2N4OS. The number of thiophene rings is 1. The van der Waals surface area contributed by atoms with Crippen LogP contribution in [0.5, 0.6) is 0 Å². The van der Waals surface area contributed by atoms with Gasteiger partial charge < -0.3 is 5.73 Å². The molecule has 2 aromatic heterocycles. The van der Waals surface area contributed by atoms with Crippen LogP contribution in [0.1, 0.15) is 30.1 Å². The van der Waals surface area contributed by atoms with Gasteiger partial charge in [-0.3, -0.25) is 9.69 Å². The summed E-state index contributed by atoms with van der Waals surface area (Å²) in [7, 11) is 0. The van der Waals surface area contributed by atoms with Gasteiger partial charge in [-0.25, -0.2) is 4.98 Å². The number of aromatic nitrogens is 1. The van der Waals surface area contributed by atoms with Crippen molar-refractivity contribution < 1.29 is 4.79 Å². The molecule has 2 aromatic rings. The normalized spacial score (nSPS) is 20.0. The molecule has 0 aromatic carbocycles. The maximum atomic E-state index is 12.9. The topological polar surface area (TPSA) is 83.0 Å². The van der Waals surface area contributed by atoms with Crippen molar-refractivity contribution in [1.29, 1.82) is 5.26 Å². The Kier molecular flexibility index (Phi) is 4.93. The van der Waals surface area contributed by atoms with E-state index in [0.29, 0.717) is 29.2 Å². The second-order valence-electron chi connectivity index (χ2n) is 6.32. The van der Waals surface area contributed by atoms with Crippen LogP contribution in [0.15, 0.2) is 61.4 Å². The van der Waals surface area contributed by atoms with E-state index in [1.165, 1.54) is 11.3 Å². The number of rotatable bonds is 2. The number of anilines is 1. The zero-order valence-electron chi connectivity index (χ0n) is 14.1. The molecule has 8 heteroatoms. The molecule has 0 radical (unpaired) electrons. The molecule has 1 aliphatic carbocycles. The van der Waals surface area contributed by atoms with Gasteiger partial charge in [0.25, 0.3) is 0 Å². The number of pyridine rings is 1. The highest BCUT2D eigenvalue weighted by molar-refractivity contribution is 9.10. The fraction of sp³-hybridized carbons (Fsp3) is 0.211. The fourth-order valence-electron chi connectivity index (χ4n) is 3.61. The van der Waals surface area contributed by atoms with E-state index in [1.807, 2.05) is 23.6 Å². The Balaban J connectivity index is 1.96. The quantitative estimate of drug-likeness (QED) is 0.622. The molecule has 0 saturated carbocycles. The van der Waals surface area contributed by atoms with Crippen molar-refractivity contribution in [2.75, 3.05) is 4.90 Å². The van der Waals surface area contributed by atoms with Crippen LogP contribution in [0.4, 0.5) is 5.82 Å². The predicted octanol–water partition coefficient (Wildman–Crippen LogP) is 4.97. The first-order chi connectivity index (χ1) is 13.0. The van der Waals surface area contributed by atoms with E-state index in [-0.39, 0.29) is 5.78 Å². The molecule has 3 heterocycles. The number of allylic oxidation sites excluding steroid dienone is 3. The van der Waals surface area contributed by atoms with Gasteiger partial charge in [-0.1, -0.05) is 0 Å². The highest BCUT2D eigenvalue weighted by Gasteiger charge is 2.41. The van der Waals surface area contributed by atoms with E-state index in [0.717, 1.165) is 32.4 Å². The minimum absolute atomic E-state index is 0.0770. The molecule has 4 rings (SSSR count). The molecule has 2 aliphatic rings. The third-order valence-electron chi connectivity index (χ3n) is 4.73. The summed E-state index contributed by atoms with van der Waals surface area (Å²) in [5.41, 5.74) is 8.39. The van der Waals surface area contributed by atoms with Crippen molar-refractivity contribution in [2.45, 2.75) is 25.2 Å². The average molecular weight is 506 g/mol. The van der Waals surface area contributed by atoms with Gasteiger partial charge in [0.2, 0.25) is 0 Å². The summed E-state index contributed by atoms with van der Waals surface area (Å²) in [5.74, 6) is 0.612. The molecule has 0 spiro atoms. The Hall–Kier alpha value is -1.95. The van der Waals surface area contributed by atoms with Gasteiger partial charge in [0, 0.05) is 43.1 Å². The zero-order chi connectivity index (χ0) is 19.1. The Labute approximate surface area is 177 Å². The van der Waals surface area contributed by atoms with Crippen molar-refractivity contribution in [1.82, 2.24) is 4.98 Å². The van der Waals surface area contributed by atoms with Crippen LogP contribution in [0.2, 0.25) is 0 Å². The van der Waals surface area contributed by atoms with Crippen molar-refractivity contribution in [3.05, 3.63) is 66.3 Å². The number of hydrogen-bond acceptors (Lipinski definition) is 6. The standard InChI is InChI=1S/C19H14Br2N4OS/c20-10-4-5-16(24-8-10)25-13-2-1-3-14(26)18(13)17(12(7-22)19(25)23)15-6-11(21)9-27-15/h4-6,8-9,17H,1-3,23H2/t17-/m1/s1. The number of carbonyl (C=O) groups excluding carboxylic acids is 1. The van der Waals surface area contributed by atoms with E-state index in [1.54, 1.807) is 11.1 Å². The monoisotopic (exact) mass is 504 g/mol. The van der Waals surface area contributed by atoms with E-state index in [2.05, 4.69) is 42.9 Å². The smallest absolute Gasteiger partial charge is 0.161 e. The highest BCUT2D eigenvalue weighted by atomic mass is 79.9. The van der Waals surface area contributed by atoms with Gasteiger partial charge in [0.15, 0.2) is 5.78 Å². The average Bonchev–Trinajstić information content (AvgIpc) is 3.08. The summed E-state index contributed by atoms with van der Waals surface area (Å²) in [5, 5.41) is 11.9. The van der Waals surface area contributed by atoms with Gasteiger partial charge in [0.1, 0.15) is 11.6 Å². The van der Waals surface area contributed by atoms with Crippen LogP contribution < -0.4 is 10.6 Å². The second kappa shape index (κ2) is 7.23. The first kappa shape index (κ1) is 18.4. The third-order valence-corrected chi connectivity index (χ3v) is 6.95. The number of nitriles is 1. The summed E-state index contributed by atoms with van der Waals surface area (Å²) in [4.78, 5) is 20.1. The lowest BCUT2D eigenvalue weighted by atomic mass is 9.78. The van der Waals surface area contributed by atoms with Crippen LogP contribution in [0.25, 0.3) is 0 Å². The lowest BCUT2D eigenvalue weighted by Gasteiger charge is -2.38. The van der Waals surface area contributed by atoms with Gasteiger partial charge in [-0.2, -0.15) is 5.26 Å². The van der Waals surface area contributed by atoms with E-state index < -0.39 is 5.92 Å². The van der Waals surface area contributed by atoms with Gasteiger partial charge >= 0.3 is 0 Å². The molecule has 0 unspecified atom stereocenters. The van der Waals surface area contributed by atoms with E-state index in [4.69, 9.17) is 5.73 Å². The number of nitrogens with zero attached hydrogens (tertiary/aromatic N) is 3. The molecule has 0 saturated heterocycles. The van der Waals surface area contributed by atoms with Crippen molar-refractivity contribution in [2.24, 2.45) is 5.73 Å². The second-order valence-corrected chi connectivity index (χ2v) is 9.09. The van der Waals surface area contributed by atoms with Crippen LogP contribution >= 0.6 is 43.2 Å². The van der Waals surface area contributed by atoms with E-state index in [9.17, 15) is 10.1 Å². The SMILES string of the molecule is N#CC1=C(N)N(c2ccc(Br)cn2)C2=C(C(=O)CCC2)[C@H]1c1cc(Br)cs1. The van der Waals surface area contributed by atoms with E-state index >= 15 is 0 Å². The van der Waals surface area contributed by atoms with Gasteiger partial charge in [0.05, 0.1) is 17.6 Å². The number of halogens is 2. The summed E-state index contributed by atoms with van der Waals surface area (Å²) < 4.78 is 1.78. The van der Waals surface area contributed by atoms with Crippen molar-refractivity contribution in [3.63, 3.8) is 0 Å². The third kappa shape index (κ3) is 3.14. The predicted molar refractivity (Wildman–Crippen MR) is 112 cm³/mol. The van der Waals surface area contributed by atoms with Crippen molar-refractivity contribution in [3.8, 4) is 6.07 Å². The van der Waals surface area contributed by atoms with Crippen molar-refractivity contribution >= 4 is 54.8 Å². The number of nitrogens with two attached hydrogens (primary N) is 1. The molecule has 136 valence electrons. The first-order valence-electron chi connectivity index (χ1n) is 8.33. The number of Topliss-reactive ketones (excluding diaryl/α,β-unsaturated/α-hetero) is 1. The van der Waals surface area contributed by atoms with Crippen LogP contribution in [0.3, 0.4) is 0 Å². The molecular weight excluding hydrogens is 492 g/mol. The summed E-state index contributed by atoms with van der Waals surface area (Å²) in [6.45, 7) is 0. The van der Waals surface area contributed by atoms with Crippen LogP contribution in [0, 0.1) is 11.3 Å². The minimum atomic E-state index is -0.416. The molecule has 2 N–H and O–H groups in total. The van der Waals surface area contributed by atoms with Gasteiger partial charge in [-0.05, 0) is 62.9 Å². The fourth-order valence-corrected chi connectivity index (χ4v) is 5.41. The Morgan fingerprint density at radius 2 is 2.11 bits per heavy atom. The zero-order valence-corrected chi connectivity index (χ0v) is 18.1. The molecule has 1 atom stereocenters. The molecule has 1 aliphatic heterocycles. The van der Waals surface area contributed by atoms with Crippen LogP contribution in [-0.2, 0) is 4.79 Å². The van der Waals surface area contributed by atoms with Gasteiger partial charge in [-0.15, -0.1) is 11.3 Å². The largest absolute Gasteiger partial charge is 0.384 e. The number of hydrogen-bond donors (Lipinski definition) is 1. The molecule has 5 nitrogen and oxygen atoms in total. The highest BCUT2D eigenvalue weighted by Crippen LogP contribution is 2.47. The number of carbonyl (C=O) groups is 1.